The van der Waals surface area contributed by atoms with Gasteiger partial charge in [-0.25, -0.2) is 14.8 Å². The molecule has 3 heterocycles. The third-order valence-electron chi connectivity index (χ3n) is 3.76. The van der Waals surface area contributed by atoms with Gasteiger partial charge < -0.3 is 4.98 Å². The van der Waals surface area contributed by atoms with E-state index in [1.54, 1.807) is 32.3 Å². The van der Waals surface area contributed by atoms with E-state index in [1.807, 2.05) is 24.4 Å². The van der Waals surface area contributed by atoms with Gasteiger partial charge in [-0.2, -0.15) is 0 Å². The molecule has 7 nitrogen and oxygen atoms in total. The summed E-state index contributed by atoms with van der Waals surface area (Å²) in [5.41, 5.74) is 3.00. The predicted octanol–water partition coefficient (Wildman–Crippen LogP) is 2.85. The summed E-state index contributed by atoms with van der Waals surface area (Å²) < 4.78 is 0. The Bertz CT molecular complexity index is 899. The van der Waals surface area contributed by atoms with Crippen LogP contribution in [0.3, 0.4) is 0 Å². The molecule has 3 N–H and O–H groups in total. The van der Waals surface area contributed by atoms with Crippen molar-refractivity contribution >= 4 is 28.8 Å². The fourth-order valence-corrected chi connectivity index (χ4v) is 2.39. The predicted molar refractivity (Wildman–Crippen MR) is 95.1 cm³/mol. The van der Waals surface area contributed by atoms with E-state index in [0.29, 0.717) is 12.2 Å². The van der Waals surface area contributed by atoms with Gasteiger partial charge in [0.05, 0.1) is 0 Å². The molecule has 0 aliphatic rings. The molecular weight excluding hydrogens is 318 g/mol. The number of pyridine rings is 2. The third kappa shape index (κ3) is 4.00. The SMILES string of the molecule is CC(C)C(=O)NC(=O)Nc1ccc(Cc2c[nH]c3ncccc23)cn1. The van der Waals surface area contributed by atoms with Crippen LogP contribution >= 0.6 is 0 Å². The van der Waals surface area contributed by atoms with E-state index in [1.165, 1.54) is 0 Å². The lowest BCUT2D eigenvalue weighted by atomic mass is 10.1. The van der Waals surface area contributed by atoms with Crippen LogP contribution in [0.5, 0.6) is 0 Å². The number of carbonyl (C=O) groups excluding carboxylic acids is 2. The van der Waals surface area contributed by atoms with Crippen molar-refractivity contribution in [1.29, 1.82) is 0 Å². The number of imide groups is 1. The zero-order valence-corrected chi connectivity index (χ0v) is 14.0. The minimum Gasteiger partial charge on any atom is -0.346 e. The van der Waals surface area contributed by atoms with Crippen molar-refractivity contribution in [2.45, 2.75) is 20.3 Å². The zero-order valence-electron chi connectivity index (χ0n) is 14.0. The van der Waals surface area contributed by atoms with Crippen molar-refractivity contribution in [3.63, 3.8) is 0 Å². The van der Waals surface area contributed by atoms with E-state index < -0.39 is 6.03 Å². The van der Waals surface area contributed by atoms with Gasteiger partial charge in [-0.3, -0.25) is 15.4 Å². The summed E-state index contributed by atoms with van der Waals surface area (Å²) in [6.45, 7) is 3.44. The zero-order chi connectivity index (χ0) is 17.8. The van der Waals surface area contributed by atoms with E-state index in [0.717, 1.165) is 22.2 Å². The number of aromatic nitrogens is 3. The molecule has 3 aromatic rings. The number of H-pyrrole nitrogens is 1. The quantitative estimate of drug-likeness (QED) is 0.681. The molecular formula is C18H19N5O2. The molecule has 3 rings (SSSR count). The second-order valence-corrected chi connectivity index (χ2v) is 6.04. The summed E-state index contributed by atoms with van der Waals surface area (Å²) in [4.78, 5) is 34.8. The minimum absolute atomic E-state index is 0.258. The smallest absolute Gasteiger partial charge is 0.327 e. The van der Waals surface area contributed by atoms with E-state index in [2.05, 4.69) is 25.6 Å². The first kappa shape index (κ1) is 16.6. The van der Waals surface area contributed by atoms with E-state index >= 15 is 0 Å². The molecule has 3 aromatic heterocycles. The van der Waals surface area contributed by atoms with Crippen LogP contribution < -0.4 is 10.6 Å². The molecule has 128 valence electrons. The minimum atomic E-state index is -0.582. The summed E-state index contributed by atoms with van der Waals surface area (Å²) in [7, 11) is 0. The van der Waals surface area contributed by atoms with Crippen LogP contribution in [0.1, 0.15) is 25.0 Å². The highest BCUT2D eigenvalue weighted by Crippen LogP contribution is 2.19. The lowest BCUT2D eigenvalue weighted by Gasteiger charge is -2.08. The van der Waals surface area contributed by atoms with Gasteiger partial charge in [0.1, 0.15) is 11.5 Å². The second-order valence-electron chi connectivity index (χ2n) is 6.04. The van der Waals surface area contributed by atoms with Crippen LogP contribution in [0.15, 0.2) is 42.9 Å². The van der Waals surface area contributed by atoms with Crippen LogP contribution in [0.4, 0.5) is 10.6 Å². The Labute approximate surface area is 144 Å². The average molecular weight is 337 g/mol. The number of hydrogen-bond donors (Lipinski definition) is 3. The summed E-state index contributed by atoms with van der Waals surface area (Å²) in [5.74, 6) is -0.202. The molecule has 0 fully saturated rings. The Balaban J connectivity index is 1.64. The number of nitrogens with one attached hydrogen (secondary N) is 3. The van der Waals surface area contributed by atoms with Crippen molar-refractivity contribution in [2.75, 3.05) is 5.32 Å². The highest BCUT2D eigenvalue weighted by Gasteiger charge is 2.12. The lowest BCUT2D eigenvalue weighted by Crippen LogP contribution is -2.37. The Morgan fingerprint density at radius 2 is 2.04 bits per heavy atom. The van der Waals surface area contributed by atoms with Gasteiger partial charge in [0.15, 0.2) is 0 Å². The monoisotopic (exact) mass is 337 g/mol. The number of hydrogen-bond acceptors (Lipinski definition) is 4. The molecule has 0 aromatic carbocycles. The van der Waals surface area contributed by atoms with Crippen molar-refractivity contribution < 1.29 is 9.59 Å². The molecule has 0 radical (unpaired) electrons. The molecule has 0 aliphatic carbocycles. The number of urea groups is 1. The first-order valence-electron chi connectivity index (χ1n) is 8.00. The van der Waals surface area contributed by atoms with Crippen molar-refractivity contribution in [3.8, 4) is 0 Å². The number of aromatic amines is 1. The molecule has 0 unspecified atom stereocenters. The number of rotatable bonds is 4. The number of carbonyl (C=O) groups is 2. The van der Waals surface area contributed by atoms with Crippen LogP contribution in [0, 0.1) is 5.92 Å². The molecule has 0 aliphatic heterocycles. The van der Waals surface area contributed by atoms with Gasteiger partial charge in [-0.1, -0.05) is 19.9 Å². The molecule has 7 heteroatoms. The highest BCUT2D eigenvalue weighted by molar-refractivity contribution is 6.01. The summed E-state index contributed by atoms with van der Waals surface area (Å²) in [6, 6.07) is 6.95. The fourth-order valence-electron chi connectivity index (χ4n) is 2.39. The first-order valence-corrected chi connectivity index (χ1v) is 8.00. The number of amides is 3. The fraction of sp³-hybridized carbons (Fsp3) is 0.222. The van der Waals surface area contributed by atoms with Crippen molar-refractivity contribution in [2.24, 2.45) is 5.92 Å². The number of anilines is 1. The van der Waals surface area contributed by atoms with Gasteiger partial charge in [-0.05, 0) is 29.3 Å². The van der Waals surface area contributed by atoms with Gasteiger partial charge in [-0.15, -0.1) is 0 Å². The Morgan fingerprint density at radius 1 is 1.20 bits per heavy atom. The van der Waals surface area contributed by atoms with E-state index in [4.69, 9.17) is 0 Å². The molecule has 0 saturated heterocycles. The standard InChI is InChI=1S/C18H19N5O2/c1-11(2)17(24)23-18(25)22-15-6-5-12(9-20-15)8-13-10-21-16-14(13)4-3-7-19-16/h3-7,9-11H,8H2,1-2H3,(H,19,21)(H2,20,22,23,24,25). The van der Waals surface area contributed by atoms with Gasteiger partial charge in [0.2, 0.25) is 5.91 Å². The van der Waals surface area contributed by atoms with Crippen LogP contribution in [-0.4, -0.2) is 26.9 Å². The van der Waals surface area contributed by atoms with Crippen LogP contribution in [0.25, 0.3) is 11.0 Å². The number of nitrogens with zero attached hydrogens (tertiary/aromatic N) is 2. The number of fused-ring (bicyclic) bond motifs is 1. The van der Waals surface area contributed by atoms with E-state index in [-0.39, 0.29) is 11.8 Å². The van der Waals surface area contributed by atoms with Crippen LogP contribution in [0.2, 0.25) is 0 Å². The summed E-state index contributed by atoms with van der Waals surface area (Å²) in [5, 5.41) is 5.88. The second kappa shape index (κ2) is 7.12. The topological polar surface area (TPSA) is 99.8 Å². The molecule has 0 saturated carbocycles. The maximum absolute atomic E-state index is 11.7. The Kier molecular flexibility index (Phi) is 4.74. The summed E-state index contributed by atoms with van der Waals surface area (Å²) >= 11 is 0. The summed E-state index contributed by atoms with van der Waals surface area (Å²) in [6.07, 6.45) is 6.10. The molecule has 0 bridgehead atoms. The van der Waals surface area contributed by atoms with E-state index in [9.17, 15) is 9.59 Å². The highest BCUT2D eigenvalue weighted by atomic mass is 16.2. The van der Waals surface area contributed by atoms with Crippen molar-refractivity contribution in [3.05, 3.63) is 54.0 Å². The third-order valence-corrected chi connectivity index (χ3v) is 3.76. The first-order chi connectivity index (χ1) is 12.0. The Hall–Kier alpha value is -3.22. The maximum Gasteiger partial charge on any atom is 0.327 e. The molecule has 3 amide bonds. The van der Waals surface area contributed by atoms with Gasteiger partial charge >= 0.3 is 6.03 Å². The van der Waals surface area contributed by atoms with Gasteiger partial charge in [0, 0.05) is 36.3 Å². The van der Waals surface area contributed by atoms with Gasteiger partial charge in [0.25, 0.3) is 0 Å². The van der Waals surface area contributed by atoms with Crippen LogP contribution in [-0.2, 0) is 11.2 Å². The lowest BCUT2D eigenvalue weighted by molar-refractivity contribution is -0.122. The molecule has 0 spiro atoms. The van der Waals surface area contributed by atoms with Crippen molar-refractivity contribution in [1.82, 2.24) is 20.3 Å². The normalized spacial score (nSPS) is 10.8. The molecule has 0 atom stereocenters. The maximum atomic E-state index is 11.7. The molecule has 25 heavy (non-hydrogen) atoms. The average Bonchev–Trinajstić information content (AvgIpc) is 2.99. The Morgan fingerprint density at radius 3 is 2.76 bits per heavy atom. The largest absolute Gasteiger partial charge is 0.346 e.